The molecular formula is C54H40N2. The fourth-order valence-corrected chi connectivity index (χ4v) is 10.7. The first kappa shape index (κ1) is 31.7. The first-order valence-electron chi connectivity index (χ1n) is 19.9. The molecule has 2 heterocycles. The maximum atomic E-state index is 2.59. The Balaban J connectivity index is 1.22. The van der Waals surface area contributed by atoms with Crippen LogP contribution in [-0.2, 0) is 10.8 Å². The molecule has 0 bridgehead atoms. The van der Waals surface area contributed by atoms with Crippen LogP contribution in [0, 0.1) is 0 Å². The highest BCUT2D eigenvalue weighted by atomic mass is 15.2. The number of hydrogen-bond donors (Lipinski definition) is 0. The van der Waals surface area contributed by atoms with Crippen LogP contribution in [0.1, 0.15) is 49.9 Å². The zero-order chi connectivity index (χ0) is 37.5. The summed E-state index contributed by atoms with van der Waals surface area (Å²) in [7, 11) is 0. The van der Waals surface area contributed by atoms with E-state index in [0.717, 1.165) is 11.4 Å². The highest BCUT2D eigenvalue weighted by Gasteiger charge is 2.39. The van der Waals surface area contributed by atoms with Gasteiger partial charge in [0.05, 0.1) is 22.4 Å². The number of para-hydroxylation sites is 2. The fraction of sp³-hybridized carbons (Fsp3) is 0.111. The predicted octanol–water partition coefficient (Wildman–Crippen LogP) is 14.7. The summed E-state index contributed by atoms with van der Waals surface area (Å²) in [6, 6.07) is 63.8. The van der Waals surface area contributed by atoms with Gasteiger partial charge in [0.15, 0.2) is 0 Å². The number of rotatable bonds is 2. The number of benzene rings is 9. The van der Waals surface area contributed by atoms with E-state index in [0.29, 0.717) is 0 Å². The third-order valence-electron chi connectivity index (χ3n) is 13.3. The molecule has 0 fully saturated rings. The lowest BCUT2D eigenvalue weighted by Crippen LogP contribution is -2.30. The van der Waals surface area contributed by atoms with Gasteiger partial charge in [-0.3, -0.25) is 0 Å². The third kappa shape index (κ3) is 4.01. The van der Waals surface area contributed by atoms with Crippen LogP contribution in [0.25, 0.3) is 70.9 Å². The van der Waals surface area contributed by atoms with Gasteiger partial charge in [0.2, 0.25) is 0 Å². The smallest absolute Gasteiger partial charge is 0.0588 e. The molecule has 1 aliphatic carbocycles. The first-order valence-corrected chi connectivity index (χ1v) is 19.9. The van der Waals surface area contributed by atoms with Gasteiger partial charge in [-0.15, -0.1) is 0 Å². The molecule has 2 nitrogen and oxygen atoms in total. The number of anilines is 3. The summed E-state index contributed by atoms with van der Waals surface area (Å²) in [6.45, 7) is 9.54. The maximum Gasteiger partial charge on any atom is 0.0588 e. The first-order chi connectivity index (χ1) is 27.3. The van der Waals surface area contributed by atoms with Crippen LogP contribution in [-0.4, -0.2) is 4.57 Å². The van der Waals surface area contributed by atoms with E-state index >= 15 is 0 Å². The van der Waals surface area contributed by atoms with Gasteiger partial charge >= 0.3 is 0 Å². The van der Waals surface area contributed by atoms with Gasteiger partial charge in [0.25, 0.3) is 0 Å². The van der Waals surface area contributed by atoms with Crippen molar-refractivity contribution in [3.63, 3.8) is 0 Å². The summed E-state index contributed by atoms with van der Waals surface area (Å²) in [5, 5.41) is 10.3. The molecule has 0 saturated heterocycles. The van der Waals surface area contributed by atoms with Crippen LogP contribution in [0.4, 0.5) is 17.1 Å². The molecule has 0 saturated carbocycles. The lowest BCUT2D eigenvalue weighted by atomic mass is 9.73. The molecule has 0 amide bonds. The Kier molecular flexibility index (Phi) is 6.22. The molecule has 10 aromatic rings. The molecule has 0 spiro atoms. The van der Waals surface area contributed by atoms with Crippen molar-refractivity contribution in [1.29, 1.82) is 0 Å². The number of aromatic nitrogens is 1. The van der Waals surface area contributed by atoms with E-state index in [9.17, 15) is 0 Å². The second-order valence-electron chi connectivity index (χ2n) is 16.9. The van der Waals surface area contributed by atoms with E-state index in [-0.39, 0.29) is 10.8 Å². The van der Waals surface area contributed by atoms with Gasteiger partial charge in [-0.25, -0.2) is 0 Å². The van der Waals surface area contributed by atoms with Crippen molar-refractivity contribution in [3.05, 3.63) is 192 Å². The standard InChI is InChI=1S/C54H40N2/c1-53(2)46-24-11-13-26-48(46)55(49-27-14-12-25-47(49)53)33-16-15-17-34(30-33)56-50-32-43-38-21-8-6-19-36(38)35-18-5-7-20-37(35)42(43)31-44(50)41-29-28-40-39-22-9-10-23-45(39)54(3,4)51(40)52(41)56/h5-32H,1-4H3. The molecule has 1 aliphatic heterocycles. The number of nitrogens with zero attached hydrogens (tertiary/aromatic N) is 2. The summed E-state index contributed by atoms with van der Waals surface area (Å²) >= 11 is 0. The minimum atomic E-state index is -0.190. The van der Waals surface area contributed by atoms with Crippen LogP contribution < -0.4 is 4.90 Å². The quantitative estimate of drug-likeness (QED) is 0.162. The topological polar surface area (TPSA) is 8.17 Å². The minimum absolute atomic E-state index is 0.122. The van der Waals surface area contributed by atoms with E-state index in [1.165, 1.54) is 98.9 Å². The summed E-state index contributed by atoms with van der Waals surface area (Å²) in [5.41, 5.74) is 15.1. The molecular weight excluding hydrogens is 677 g/mol. The summed E-state index contributed by atoms with van der Waals surface area (Å²) in [6.07, 6.45) is 0. The zero-order valence-electron chi connectivity index (χ0n) is 32.1. The zero-order valence-corrected chi connectivity index (χ0v) is 32.1. The van der Waals surface area contributed by atoms with Gasteiger partial charge in [-0.1, -0.05) is 155 Å². The highest BCUT2D eigenvalue weighted by Crippen LogP contribution is 2.55. The van der Waals surface area contributed by atoms with Crippen LogP contribution in [0.5, 0.6) is 0 Å². The van der Waals surface area contributed by atoms with Crippen molar-refractivity contribution in [2.75, 3.05) is 4.90 Å². The fourth-order valence-electron chi connectivity index (χ4n) is 10.7. The van der Waals surface area contributed by atoms with Crippen molar-refractivity contribution >= 4 is 71.2 Å². The Morgan fingerprint density at radius 1 is 0.357 bits per heavy atom. The number of fused-ring (bicyclic) bond motifs is 15. The second-order valence-corrected chi connectivity index (χ2v) is 16.9. The predicted molar refractivity (Wildman–Crippen MR) is 238 cm³/mol. The van der Waals surface area contributed by atoms with Crippen molar-refractivity contribution < 1.29 is 0 Å². The summed E-state index contributed by atoms with van der Waals surface area (Å²) < 4.78 is 2.59. The van der Waals surface area contributed by atoms with E-state index in [4.69, 9.17) is 0 Å². The van der Waals surface area contributed by atoms with E-state index in [1.807, 2.05) is 0 Å². The van der Waals surface area contributed by atoms with E-state index < -0.39 is 0 Å². The van der Waals surface area contributed by atoms with Crippen LogP contribution in [0.3, 0.4) is 0 Å². The average Bonchev–Trinajstić information content (AvgIpc) is 3.68. The van der Waals surface area contributed by atoms with Crippen LogP contribution in [0.2, 0.25) is 0 Å². The van der Waals surface area contributed by atoms with Crippen LogP contribution in [0.15, 0.2) is 170 Å². The highest BCUT2D eigenvalue weighted by molar-refractivity contribution is 6.29. The lowest BCUT2D eigenvalue weighted by molar-refractivity contribution is 0.632. The molecule has 0 unspecified atom stereocenters. The van der Waals surface area contributed by atoms with Gasteiger partial charge in [0, 0.05) is 33.0 Å². The largest absolute Gasteiger partial charge is 0.310 e. The van der Waals surface area contributed by atoms with Gasteiger partial charge < -0.3 is 9.47 Å². The van der Waals surface area contributed by atoms with Gasteiger partial charge in [-0.2, -0.15) is 0 Å². The van der Waals surface area contributed by atoms with Gasteiger partial charge in [0.1, 0.15) is 0 Å². The Hall–Kier alpha value is -6.64. The average molecular weight is 717 g/mol. The third-order valence-corrected chi connectivity index (χ3v) is 13.3. The summed E-state index contributed by atoms with van der Waals surface area (Å²) in [5.74, 6) is 0. The minimum Gasteiger partial charge on any atom is -0.310 e. The van der Waals surface area contributed by atoms with E-state index in [2.05, 4.69) is 207 Å². The Morgan fingerprint density at radius 2 is 0.893 bits per heavy atom. The van der Waals surface area contributed by atoms with Crippen molar-refractivity contribution in [3.8, 4) is 16.8 Å². The Labute approximate surface area is 326 Å². The molecule has 266 valence electrons. The van der Waals surface area contributed by atoms with Gasteiger partial charge in [-0.05, 0) is 108 Å². The van der Waals surface area contributed by atoms with Crippen molar-refractivity contribution in [2.45, 2.75) is 38.5 Å². The summed E-state index contributed by atoms with van der Waals surface area (Å²) in [4.78, 5) is 2.48. The molecule has 9 aromatic carbocycles. The molecule has 2 heteroatoms. The normalized spacial score (nSPS) is 15.0. The number of hydrogen-bond acceptors (Lipinski definition) is 1. The lowest BCUT2D eigenvalue weighted by Gasteiger charge is -2.42. The molecule has 0 atom stereocenters. The van der Waals surface area contributed by atoms with E-state index in [1.54, 1.807) is 0 Å². The second kappa shape index (κ2) is 11.0. The maximum absolute atomic E-state index is 2.59. The molecule has 12 rings (SSSR count). The molecule has 56 heavy (non-hydrogen) atoms. The Morgan fingerprint density at radius 3 is 1.55 bits per heavy atom. The Bertz CT molecular complexity index is 3270. The van der Waals surface area contributed by atoms with Crippen molar-refractivity contribution in [2.24, 2.45) is 0 Å². The molecule has 1 aromatic heterocycles. The molecule has 2 aliphatic rings. The van der Waals surface area contributed by atoms with Crippen molar-refractivity contribution in [1.82, 2.24) is 4.57 Å². The molecule has 0 N–H and O–H groups in total. The SMILES string of the molecule is CC1(C)c2ccccc2N(c2cccc(-n3c4cc5c6ccccc6c6ccccc6c5cc4c4ccc5c(c43)C(C)(C)c3ccccc3-5)c2)c2ccccc21. The molecule has 0 radical (unpaired) electrons. The monoisotopic (exact) mass is 716 g/mol. The van der Waals surface area contributed by atoms with Crippen LogP contribution >= 0.6 is 0 Å².